The molecule has 0 saturated carbocycles. The smallest absolute Gasteiger partial charge is 0.274 e. The molecule has 7 nitrogen and oxygen atoms in total. The van der Waals surface area contributed by atoms with E-state index in [2.05, 4.69) is 16.1 Å². The maximum absolute atomic E-state index is 13.1. The zero-order valence-electron chi connectivity index (χ0n) is 17.1. The molecule has 0 spiro atoms. The van der Waals surface area contributed by atoms with E-state index in [1.807, 2.05) is 24.3 Å². The van der Waals surface area contributed by atoms with Crippen molar-refractivity contribution in [2.45, 2.75) is 6.04 Å². The molecule has 1 aromatic heterocycles. The number of carbonyl (C=O) groups is 1. The van der Waals surface area contributed by atoms with Crippen LogP contribution in [0.2, 0.25) is 0 Å². The minimum Gasteiger partial charge on any atom is -0.497 e. The molecule has 1 amide bonds. The maximum Gasteiger partial charge on any atom is 0.274 e. The van der Waals surface area contributed by atoms with Gasteiger partial charge in [-0.15, -0.1) is 0 Å². The van der Waals surface area contributed by atoms with Gasteiger partial charge in [0, 0.05) is 32.4 Å². The molecule has 1 aliphatic heterocycles. The predicted octanol–water partition coefficient (Wildman–Crippen LogP) is 3.04. The van der Waals surface area contributed by atoms with Crippen molar-refractivity contribution < 1.29 is 13.9 Å². The van der Waals surface area contributed by atoms with Gasteiger partial charge in [0.15, 0.2) is 5.69 Å². The molecule has 3 aromatic rings. The first-order valence-corrected chi connectivity index (χ1v) is 9.97. The molecule has 0 radical (unpaired) electrons. The van der Waals surface area contributed by atoms with Crippen LogP contribution in [0.25, 0.3) is 5.69 Å². The van der Waals surface area contributed by atoms with Crippen LogP contribution < -0.4 is 4.74 Å². The van der Waals surface area contributed by atoms with E-state index in [-0.39, 0.29) is 17.8 Å². The Kier molecular flexibility index (Phi) is 5.96. The maximum atomic E-state index is 13.1. The highest BCUT2D eigenvalue weighted by molar-refractivity contribution is 5.92. The van der Waals surface area contributed by atoms with E-state index < -0.39 is 0 Å². The Morgan fingerprint density at radius 2 is 1.74 bits per heavy atom. The number of piperazine rings is 1. The van der Waals surface area contributed by atoms with Gasteiger partial charge in [-0.25, -0.2) is 9.07 Å². The molecule has 158 valence electrons. The molecule has 0 bridgehead atoms. The summed E-state index contributed by atoms with van der Waals surface area (Å²) in [5, 5.41) is 14.0. The lowest BCUT2D eigenvalue weighted by atomic mass is 10.1. The van der Waals surface area contributed by atoms with Gasteiger partial charge >= 0.3 is 0 Å². The molecule has 8 heteroatoms. The summed E-state index contributed by atoms with van der Waals surface area (Å²) in [6.45, 7) is 2.20. The average Bonchev–Trinajstić information content (AvgIpc) is 3.31. The Hall–Kier alpha value is -3.70. The normalized spacial score (nSPS) is 15.3. The molecule has 1 aliphatic rings. The van der Waals surface area contributed by atoms with Crippen molar-refractivity contribution in [1.82, 2.24) is 19.6 Å². The highest BCUT2D eigenvalue weighted by Gasteiger charge is 2.28. The molecule has 1 fully saturated rings. The third kappa shape index (κ3) is 4.42. The molecular formula is C23H22FN5O2. The Balaban J connectivity index is 1.39. The number of ether oxygens (including phenoxy) is 1. The van der Waals surface area contributed by atoms with Crippen LogP contribution in [0.1, 0.15) is 22.1 Å². The quantitative estimate of drug-likeness (QED) is 0.636. The number of amides is 1. The fourth-order valence-electron chi connectivity index (χ4n) is 3.67. The first-order valence-electron chi connectivity index (χ1n) is 9.97. The van der Waals surface area contributed by atoms with Gasteiger partial charge in [0.2, 0.25) is 0 Å². The van der Waals surface area contributed by atoms with E-state index in [0.29, 0.717) is 37.6 Å². The molecule has 1 unspecified atom stereocenters. The molecule has 2 aromatic carbocycles. The van der Waals surface area contributed by atoms with Crippen molar-refractivity contribution in [3.05, 3.63) is 77.9 Å². The number of nitrogens with zero attached hydrogens (tertiary/aromatic N) is 5. The summed E-state index contributed by atoms with van der Waals surface area (Å²) in [4.78, 5) is 16.7. The second-order valence-electron chi connectivity index (χ2n) is 7.25. The highest BCUT2D eigenvalue weighted by atomic mass is 19.1. The first kappa shape index (κ1) is 20.6. The molecule has 1 atom stereocenters. The number of hydrogen-bond donors (Lipinski definition) is 0. The van der Waals surface area contributed by atoms with Gasteiger partial charge in [-0.2, -0.15) is 10.4 Å². The molecule has 0 aliphatic carbocycles. The minimum atomic E-state index is -0.374. The van der Waals surface area contributed by atoms with E-state index in [1.165, 1.54) is 12.1 Å². The summed E-state index contributed by atoms with van der Waals surface area (Å²) in [5.41, 5.74) is 1.92. The van der Waals surface area contributed by atoms with Gasteiger partial charge in [0.25, 0.3) is 5.91 Å². The highest BCUT2D eigenvalue weighted by Crippen LogP contribution is 2.24. The number of methoxy groups -OCH3 is 1. The van der Waals surface area contributed by atoms with Gasteiger partial charge in [-0.05, 0) is 48.0 Å². The predicted molar refractivity (Wildman–Crippen MR) is 112 cm³/mol. The van der Waals surface area contributed by atoms with Gasteiger partial charge in [-0.3, -0.25) is 9.69 Å². The number of carbonyl (C=O) groups excluding carboxylic acids is 1. The second-order valence-corrected chi connectivity index (χ2v) is 7.25. The van der Waals surface area contributed by atoms with Gasteiger partial charge in [0.05, 0.1) is 18.9 Å². The number of nitriles is 1. The third-order valence-electron chi connectivity index (χ3n) is 5.42. The Labute approximate surface area is 179 Å². The zero-order valence-corrected chi connectivity index (χ0v) is 17.1. The summed E-state index contributed by atoms with van der Waals surface area (Å²) >= 11 is 0. The number of rotatable bonds is 5. The van der Waals surface area contributed by atoms with E-state index in [0.717, 1.165) is 11.3 Å². The van der Waals surface area contributed by atoms with Crippen molar-refractivity contribution >= 4 is 5.91 Å². The third-order valence-corrected chi connectivity index (χ3v) is 5.42. The van der Waals surface area contributed by atoms with Crippen LogP contribution in [0.5, 0.6) is 5.75 Å². The van der Waals surface area contributed by atoms with Crippen LogP contribution in [0.4, 0.5) is 4.39 Å². The summed E-state index contributed by atoms with van der Waals surface area (Å²) in [6, 6.07) is 17.1. The van der Waals surface area contributed by atoms with Crippen molar-refractivity contribution in [3.8, 4) is 17.5 Å². The number of benzene rings is 2. The van der Waals surface area contributed by atoms with Crippen molar-refractivity contribution in [2.75, 3.05) is 33.3 Å². The van der Waals surface area contributed by atoms with Gasteiger partial charge in [0.1, 0.15) is 17.6 Å². The second kappa shape index (κ2) is 8.98. The monoisotopic (exact) mass is 419 g/mol. The number of halogens is 1. The van der Waals surface area contributed by atoms with E-state index in [9.17, 15) is 14.4 Å². The molecule has 0 N–H and O–H groups in total. The summed E-state index contributed by atoms with van der Waals surface area (Å²) in [6.07, 6.45) is 1.69. The standard InChI is InChI=1S/C23H22FN5O2/c1-31-20-8-2-17(3-9-20)22(16-25)27-12-14-28(15-13-27)23(30)21-10-11-29(26-21)19-6-4-18(24)5-7-19/h2-11,22H,12-15H2,1H3. The lowest BCUT2D eigenvalue weighted by Gasteiger charge is -2.36. The molecule has 4 rings (SSSR count). The van der Waals surface area contributed by atoms with Crippen LogP contribution in [-0.2, 0) is 0 Å². The van der Waals surface area contributed by atoms with Crippen LogP contribution in [0.15, 0.2) is 60.8 Å². The van der Waals surface area contributed by atoms with Gasteiger partial charge < -0.3 is 9.64 Å². The molecule has 2 heterocycles. The first-order chi connectivity index (χ1) is 15.1. The topological polar surface area (TPSA) is 74.4 Å². The molecular weight excluding hydrogens is 397 g/mol. The minimum absolute atomic E-state index is 0.154. The summed E-state index contributed by atoms with van der Waals surface area (Å²) < 4.78 is 19.8. The average molecular weight is 419 g/mol. The van der Waals surface area contributed by atoms with Crippen LogP contribution in [0.3, 0.4) is 0 Å². The van der Waals surface area contributed by atoms with E-state index in [4.69, 9.17) is 4.74 Å². The fraction of sp³-hybridized carbons (Fsp3) is 0.261. The van der Waals surface area contributed by atoms with E-state index >= 15 is 0 Å². The van der Waals surface area contributed by atoms with E-state index in [1.54, 1.807) is 41.1 Å². The van der Waals surface area contributed by atoms with Gasteiger partial charge in [-0.1, -0.05) is 12.1 Å². The summed E-state index contributed by atoms with van der Waals surface area (Å²) in [7, 11) is 1.61. The Bertz CT molecular complexity index is 1080. The van der Waals surface area contributed by atoms with Crippen molar-refractivity contribution in [2.24, 2.45) is 0 Å². The molecule has 31 heavy (non-hydrogen) atoms. The fourth-order valence-corrected chi connectivity index (χ4v) is 3.67. The van der Waals surface area contributed by atoms with Crippen molar-refractivity contribution in [3.63, 3.8) is 0 Å². The number of aromatic nitrogens is 2. The largest absolute Gasteiger partial charge is 0.497 e. The lowest BCUT2D eigenvalue weighted by molar-refractivity contribution is 0.0600. The molecule has 1 saturated heterocycles. The lowest BCUT2D eigenvalue weighted by Crippen LogP contribution is -2.49. The SMILES string of the molecule is COc1ccc(C(C#N)N2CCN(C(=O)c3ccn(-c4ccc(F)cc4)n3)CC2)cc1. The van der Waals surface area contributed by atoms with Crippen LogP contribution >= 0.6 is 0 Å². The zero-order chi connectivity index (χ0) is 21.8. The number of hydrogen-bond acceptors (Lipinski definition) is 5. The van der Waals surface area contributed by atoms with Crippen molar-refractivity contribution in [1.29, 1.82) is 5.26 Å². The van der Waals surface area contributed by atoms with Crippen LogP contribution in [0, 0.1) is 17.1 Å². The Morgan fingerprint density at radius 1 is 1.06 bits per heavy atom. The Morgan fingerprint density at radius 3 is 2.35 bits per heavy atom. The van der Waals surface area contributed by atoms with Crippen LogP contribution in [-0.4, -0.2) is 58.8 Å². The summed E-state index contributed by atoms with van der Waals surface area (Å²) in [5.74, 6) is 0.268.